The highest BCUT2D eigenvalue weighted by molar-refractivity contribution is 6.32. The number of carboxylic acids is 1. The fourth-order valence-corrected chi connectivity index (χ4v) is 2.00. The van der Waals surface area contributed by atoms with Crippen LogP contribution in [0.15, 0.2) is 36.7 Å². The number of aromatic nitrogens is 1. The summed E-state index contributed by atoms with van der Waals surface area (Å²) < 4.78 is 11.1. The van der Waals surface area contributed by atoms with E-state index < -0.39 is 5.97 Å². The Bertz CT molecular complexity index is 631. The molecular weight excluding hydrogens is 294 g/mol. The molecule has 21 heavy (non-hydrogen) atoms. The third-order valence-corrected chi connectivity index (χ3v) is 2.94. The molecule has 0 saturated heterocycles. The Kier molecular flexibility index (Phi) is 5.00. The van der Waals surface area contributed by atoms with Gasteiger partial charge < -0.3 is 14.6 Å². The highest BCUT2D eigenvalue weighted by Crippen LogP contribution is 2.37. The van der Waals surface area contributed by atoms with Crippen LogP contribution in [-0.4, -0.2) is 22.7 Å². The summed E-state index contributed by atoms with van der Waals surface area (Å²) in [5, 5.41) is 9.23. The van der Waals surface area contributed by atoms with Gasteiger partial charge in [-0.15, -0.1) is 0 Å². The maximum absolute atomic E-state index is 11.0. The first-order valence-electron chi connectivity index (χ1n) is 6.33. The average molecular weight is 308 g/mol. The minimum Gasteiger partial charge on any atom is -0.490 e. The van der Waals surface area contributed by atoms with Crippen molar-refractivity contribution in [1.82, 2.24) is 4.98 Å². The van der Waals surface area contributed by atoms with Crippen molar-refractivity contribution in [3.05, 3.63) is 52.8 Å². The topological polar surface area (TPSA) is 68.7 Å². The summed E-state index contributed by atoms with van der Waals surface area (Å²) >= 11 is 6.10. The van der Waals surface area contributed by atoms with Crippen LogP contribution in [0.4, 0.5) is 0 Å². The van der Waals surface area contributed by atoms with E-state index in [1.165, 1.54) is 12.1 Å². The second-order valence-electron chi connectivity index (χ2n) is 4.17. The number of pyridine rings is 1. The molecule has 1 heterocycles. The van der Waals surface area contributed by atoms with Gasteiger partial charge in [-0.1, -0.05) is 17.7 Å². The molecule has 1 aromatic heterocycles. The highest BCUT2D eigenvalue weighted by Gasteiger charge is 2.16. The predicted octanol–water partition coefficient (Wildman–Crippen LogP) is 3.41. The molecule has 1 N–H and O–H groups in total. The maximum atomic E-state index is 11.0. The number of carboxylic acid groups (broad SMARTS) is 1. The zero-order valence-corrected chi connectivity index (χ0v) is 12.1. The predicted molar refractivity (Wildman–Crippen MR) is 78.1 cm³/mol. The molecule has 0 fully saturated rings. The van der Waals surface area contributed by atoms with E-state index in [1.54, 1.807) is 25.4 Å². The molecule has 0 saturated carbocycles. The lowest BCUT2D eigenvalue weighted by Gasteiger charge is -2.14. The van der Waals surface area contributed by atoms with Crippen molar-refractivity contribution in [2.24, 2.45) is 0 Å². The van der Waals surface area contributed by atoms with Crippen LogP contribution in [0, 0.1) is 0 Å². The lowest BCUT2D eigenvalue weighted by Crippen LogP contribution is -2.03. The Labute approximate surface area is 127 Å². The normalized spacial score (nSPS) is 10.2. The number of hydrogen-bond acceptors (Lipinski definition) is 4. The number of carbonyl (C=O) groups is 1. The van der Waals surface area contributed by atoms with E-state index >= 15 is 0 Å². The van der Waals surface area contributed by atoms with Crippen molar-refractivity contribution in [3.8, 4) is 11.5 Å². The average Bonchev–Trinajstić information content (AvgIpc) is 2.47. The van der Waals surface area contributed by atoms with Crippen LogP contribution < -0.4 is 9.47 Å². The van der Waals surface area contributed by atoms with Crippen LogP contribution in [-0.2, 0) is 6.61 Å². The van der Waals surface area contributed by atoms with Gasteiger partial charge in [-0.25, -0.2) is 4.79 Å². The Morgan fingerprint density at radius 1 is 1.38 bits per heavy atom. The fourth-order valence-electron chi connectivity index (χ4n) is 1.73. The number of halogens is 1. The Morgan fingerprint density at radius 2 is 2.19 bits per heavy atom. The molecule has 0 spiro atoms. The Hall–Kier alpha value is -2.27. The zero-order valence-electron chi connectivity index (χ0n) is 11.4. The molecule has 0 atom stereocenters. The van der Waals surface area contributed by atoms with E-state index in [9.17, 15) is 4.79 Å². The molecule has 0 aliphatic rings. The second kappa shape index (κ2) is 6.95. The minimum absolute atomic E-state index is 0.0529. The van der Waals surface area contributed by atoms with Crippen LogP contribution in [0.25, 0.3) is 0 Å². The monoisotopic (exact) mass is 307 g/mol. The van der Waals surface area contributed by atoms with Gasteiger partial charge in [0.15, 0.2) is 11.5 Å². The molecule has 110 valence electrons. The molecule has 0 aliphatic carbocycles. The van der Waals surface area contributed by atoms with Gasteiger partial charge in [0, 0.05) is 18.0 Å². The van der Waals surface area contributed by atoms with Crippen molar-refractivity contribution in [2.75, 3.05) is 6.61 Å². The lowest BCUT2D eigenvalue weighted by atomic mass is 10.2. The van der Waals surface area contributed by atoms with Crippen molar-refractivity contribution < 1.29 is 19.4 Å². The molecule has 0 bridgehead atoms. The van der Waals surface area contributed by atoms with Gasteiger partial charge in [0.05, 0.1) is 17.2 Å². The highest BCUT2D eigenvalue weighted by atomic mass is 35.5. The fraction of sp³-hybridized carbons (Fsp3) is 0.200. The smallest absolute Gasteiger partial charge is 0.335 e. The first-order valence-corrected chi connectivity index (χ1v) is 6.71. The largest absolute Gasteiger partial charge is 0.490 e. The number of benzene rings is 1. The van der Waals surface area contributed by atoms with E-state index in [2.05, 4.69) is 4.98 Å². The number of rotatable bonds is 6. The van der Waals surface area contributed by atoms with Gasteiger partial charge >= 0.3 is 5.97 Å². The second-order valence-corrected chi connectivity index (χ2v) is 4.58. The van der Waals surface area contributed by atoms with E-state index in [0.29, 0.717) is 18.1 Å². The van der Waals surface area contributed by atoms with Gasteiger partial charge in [0.1, 0.15) is 6.61 Å². The van der Waals surface area contributed by atoms with Crippen LogP contribution in [0.2, 0.25) is 5.02 Å². The van der Waals surface area contributed by atoms with Gasteiger partial charge in [-0.2, -0.15) is 0 Å². The van der Waals surface area contributed by atoms with E-state index in [4.69, 9.17) is 26.2 Å². The quantitative estimate of drug-likeness (QED) is 0.885. The van der Waals surface area contributed by atoms with Crippen molar-refractivity contribution in [1.29, 1.82) is 0 Å². The Morgan fingerprint density at radius 3 is 2.81 bits per heavy atom. The number of aromatic carboxylic acids is 1. The molecule has 2 rings (SSSR count). The molecule has 0 radical (unpaired) electrons. The van der Waals surface area contributed by atoms with Gasteiger partial charge in [0.25, 0.3) is 0 Å². The summed E-state index contributed by atoms with van der Waals surface area (Å²) in [5.74, 6) is -0.435. The zero-order chi connectivity index (χ0) is 15.2. The van der Waals surface area contributed by atoms with Crippen molar-refractivity contribution >= 4 is 17.6 Å². The third kappa shape index (κ3) is 3.86. The van der Waals surface area contributed by atoms with Crippen molar-refractivity contribution in [3.63, 3.8) is 0 Å². The SMILES string of the molecule is CCOc1cc(C(=O)O)cc(Cl)c1OCc1cccnc1. The summed E-state index contributed by atoms with van der Waals surface area (Å²) in [4.78, 5) is 15.0. The molecule has 5 nitrogen and oxygen atoms in total. The van der Waals surface area contributed by atoms with E-state index in [1.807, 2.05) is 6.07 Å². The molecule has 2 aromatic rings. The minimum atomic E-state index is -1.07. The first kappa shape index (κ1) is 15.1. The van der Waals surface area contributed by atoms with Crippen LogP contribution in [0.1, 0.15) is 22.8 Å². The maximum Gasteiger partial charge on any atom is 0.335 e. The summed E-state index contributed by atoms with van der Waals surface area (Å²) in [6, 6.07) is 6.41. The van der Waals surface area contributed by atoms with Gasteiger partial charge in [-0.05, 0) is 25.1 Å². The number of ether oxygens (including phenoxy) is 2. The standard InChI is InChI=1S/C15H14ClNO4/c1-2-20-13-7-11(15(18)19)6-12(16)14(13)21-9-10-4-3-5-17-8-10/h3-8H,2,9H2,1H3,(H,18,19). The first-order chi connectivity index (χ1) is 10.1. The van der Waals surface area contributed by atoms with Gasteiger partial charge in [0.2, 0.25) is 0 Å². The van der Waals surface area contributed by atoms with Crippen molar-refractivity contribution in [2.45, 2.75) is 13.5 Å². The van der Waals surface area contributed by atoms with Gasteiger partial charge in [-0.3, -0.25) is 4.98 Å². The molecular formula is C15H14ClNO4. The summed E-state index contributed by atoms with van der Waals surface area (Å²) in [6.07, 6.45) is 3.35. The summed E-state index contributed by atoms with van der Waals surface area (Å²) in [6.45, 7) is 2.44. The molecule has 0 unspecified atom stereocenters. The molecule has 6 heteroatoms. The van der Waals surface area contributed by atoms with E-state index in [0.717, 1.165) is 5.56 Å². The summed E-state index contributed by atoms with van der Waals surface area (Å²) in [5.41, 5.74) is 0.926. The number of nitrogens with zero attached hydrogens (tertiary/aromatic N) is 1. The lowest BCUT2D eigenvalue weighted by molar-refractivity contribution is 0.0696. The Balaban J connectivity index is 2.26. The molecule has 0 aliphatic heterocycles. The molecule has 0 amide bonds. The van der Waals surface area contributed by atoms with Crippen LogP contribution >= 0.6 is 11.6 Å². The third-order valence-electron chi connectivity index (χ3n) is 2.66. The summed E-state index contributed by atoms with van der Waals surface area (Å²) in [7, 11) is 0. The van der Waals surface area contributed by atoms with E-state index in [-0.39, 0.29) is 17.2 Å². The van der Waals surface area contributed by atoms with Crippen LogP contribution in [0.3, 0.4) is 0 Å². The molecule has 1 aromatic carbocycles. The number of hydrogen-bond donors (Lipinski definition) is 1. The van der Waals surface area contributed by atoms with Crippen LogP contribution in [0.5, 0.6) is 11.5 Å².